The van der Waals surface area contributed by atoms with Crippen molar-refractivity contribution in [3.63, 3.8) is 0 Å². The van der Waals surface area contributed by atoms with E-state index in [0.717, 1.165) is 43.2 Å². The number of hydrogen-bond donors (Lipinski definition) is 2. The van der Waals surface area contributed by atoms with Gasteiger partial charge < -0.3 is 16.0 Å². The Bertz CT molecular complexity index is 483. The number of rotatable bonds is 5. The molecule has 1 aromatic rings. The van der Waals surface area contributed by atoms with Gasteiger partial charge in [0.25, 0.3) is 0 Å². The van der Waals surface area contributed by atoms with Gasteiger partial charge >= 0.3 is 0 Å². The SMILES string of the molecule is Nc1cccc(NC(=O)CCCN2CCS(=O)CC2)c1. The summed E-state index contributed by atoms with van der Waals surface area (Å²) in [5.41, 5.74) is 7.04. The van der Waals surface area contributed by atoms with E-state index in [-0.39, 0.29) is 5.91 Å². The summed E-state index contributed by atoms with van der Waals surface area (Å²) in [6.45, 7) is 2.65. The Labute approximate surface area is 122 Å². The molecule has 1 amide bonds. The molecule has 0 aromatic heterocycles. The summed E-state index contributed by atoms with van der Waals surface area (Å²) in [7, 11) is -0.637. The minimum Gasteiger partial charge on any atom is -0.399 e. The second-order valence-corrected chi connectivity index (χ2v) is 6.66. The highest BCUT2D eigenvalue weighted by Crippen LogP contribution is 2.12. The van der Waals surface area contributed by atoms with Crippen LogP contribution in [-0.4, -0.2) is 46.2 Å². The first-order valence-corrected chi connectivity index (χ1v) is 8.35. The molecule has 1 saturated heterocycles. The van der Waals surface area contributed by atoms with Crippen molar-refractivity contribution in [2.75, 3.05) is 42.2 Å². The fraction of sp³-hybridized carbons (Fsp3) is 0.500. The molecule has 5 nitrogen and oxygen atoms in total. The van der Waals surface area contributed by atoms with E-state index in [0.29, 0.717) is 12.1 Å². The topological polar surface area (TPSA) is 75.4 Å². The minimum atomic E-state index is -0.637. The van der Waals surface area contributed by atoms with Gasteiger partial charge in [0.1, 0.15) is 0 Å². The van der Waals surface area contributed by atoms with Crippen LogP contribution in [0.2, 0.25) is 0 Å². The van der Waals surface area contributed by atoms with Gasteiger partial charge in [0.05, 0.1) is 0 Å². The molecule has 20 heavy (non-hydrogen) atoms. The van der Waals surface area contributed by atoms with Gasteiger partial charge in [-0.25, -0.2) is 0 Å². The molecule has 0 aliphatic carbocycles. The van der Waals surface area contributed by atoms with Gasteiger partial charge in [-0.1, -0.05) is 6.07 Å². The minimum absolute atomic E-state index is 0.0104. The van der Waals surface area contributed by atoms with Crippen LogP contribution in [0.5, 0.6) is 0 Å². The Morgan fingerprint density at radius 2 is 2.10 bits per heavy atom. The molecule has 0 spiro atoms. The Hall–Kier alpha value is -1.40. The quantitative estimate of drug-likeness (QED) is 0.796. The van der Waals surface area contributed by atoms with E-state index < -0.39 is 10.8 Å². The number of amides is 1. The number of carbonyl (C=O) groups is 1. The molecule has 1 aromatic carbocycles. The fourth-order valence-corrected chi connectivity index (χ4v) is 3.33. The van der Waals surface area contributed by atoms with Crippen LogP contribution in [0.15, 0.2) is 24.3 Å². The Morgan fingerprint density at radius 3 is 2.80 bits per heavy atom. The maximum absolute atomic E-state index is 11.8. The first-order chi connectivity index (χ1) is 9.63. The summed E-state index contributed by atoms with van der Waals surface area (Å²) in [4.78, 5) is 14.1. The molecule has 1 aliphatic heterocycles. The highest BCUT2D eigenvalue weighted by atomic mass is 32.2. The number of nitrogen functional groups attached to an aromatic ring is 1. The molecule has 1 heterocycles. The fourth-order valence-electron chi connectivity index (χ4n) is 2.20. The molecular weight excluding hydrogens is 274 g/mol. The predicted molar refractivity (Wildman–Crippen MR) is 83.0 cm³/mol. The van der Waals surface area contributed by atoms with Crippen molar-refractivity contribution in [1.82, 2.24) is 4.90 Å². The van der Waals surface area contributed by atoms with E-state index >= 15 is 0 Å². The van der Waals surface area contributed by atoms with Gasteiger partial charge in [-0.2, -0.15) is 0 Å². The van der Waals surface area contributed by atoms with E-state index in [9.17, 15) is 9.00 Å². The van der Waals surface area contributed by atoms with Crippen LogP contribution in [-0.2, 0) is 15.6 Å². The van der Waals surface area contributed by atoms with Gasteiger partial charge in [0.15, 0.2) is 0 Å². The van der Waals surface area contributed by atoms with Gasteiger partial charge in [0, 0.05) is 53.2 Å². The molecular formula is C14H21N3O2S. The summed E-state index contributed by atoms with van der Waals surface area (Å²) in [5.74, 6) is 1.53. The maximum atomic E-state index is 11.8. The average molecular weight is 295 g/mol. The molecule has 0 atom stereocenters. The molecule has 1 aliphatic rings. The summed E-state index contributed by atoms with van der Waals surface area (Å²) in [6.07, 6.45) is 1.31. The van der Waals surface area contributed by atoms with E-state index in [1.54, 1.807) is 12.1 Å². The monoisotopic (exact) mass is 295 g/mol. The smallest absolute Gasteiger partial charge is 0.224 e. The average Bonchev–Trinajstić information content (AvgIpc) is 2.41. The van der Waals surface area contributed by atoms with Crippen molar-refractivity contribution < 1.29 is 9.00 Å². The summed E-state index contributed by atoms with van der Waals surface area (Å²) in [5, 5.41) is 2.84. The zero-order valence-corrected chi connectivity index (χ0v) is 12.3. The second kappa shape index (κ2) is 7.40. The standard InChI is InChI=1S/C14H21N3O2S/c15-12-3-1-4-13(11-12)16-14(18)5-2-6-17-7-9-20(19)10-8-17/h1,3-4,11H,2,5-10,15H2,(H,16,18). The van der Waals surface area contributed by atoms with Crippen molar-refractivity contribution in [3.8, 4) is 0 Å². The van der Waals surface area contributed by atoms with E-state index in [4.69, 9.17) is 5.73 Å². The number of carbonyl (C=O) groups excluding carboxylic acids is 1. The number of anilines is 2. The molecule has 0 radical (unpaired) electrons. The molecule has 1 fully saturated rings. The first kappa shape index (κ1) is 15.0. The van der Waals surface area contributed by atoms with Crippen molar-refractivity contribution >= 4 is 28.1 Å². The largest absolute Gasteiger partial charge is 0.399 e. The lowest BCUT2D eigenvalue weighted by Crippen LogP contribution is -2.38. The normalized spacial score (nSPS) is 17.0. The number of benzene rings is 1. The molecule has 0 saturated carbocycles. The van der Waals surface area contributed by atoms with Crippen LogP contribution >= 0.6 is 0 Å². The van der Waals surface area contributed by atoms with E-state index in [1.165, 1.54) is 0 Å². The van der Waals surface area contributed by atoms with Crippen LogP contribution in [0.4, 0.5) is 11.4 Å². The zero-order valence-electron chi connectivity index (χ0n) is 11.5. The Kier molecular flexibility index (Phi) is 5.55. The predicted octanol–water partition coefficient (Wildman–Crippen LogP) is 1.05. The van der Waals surface area contributed by atoms with Gasteiger partial charge in [0.2, 0.25) is 5.91 Å². The number of nitrogens with zero attached hydrogens (tertiary/aromatic N) is 1. The molecule has 2 rings (SSSR count). The third-order valence-corrected chi connectivity index (χ3v) is 4.59. The highest BCUT2D eigenvalue weighted by Gasteiger charge is 2.14. The summed E-state index contributed by atoms with van der Waals surface area (Å²) < 4.78 is 11.2. The zero-order chi connectivity index (χ0) is 14.4. The van der Waals surface area contributed by atoms with E-state index in [2.05, 4.69) is 10.2 Å². The molecule has 0 unspecified atom stereocenters. The van der Waals surface area contributed by atoms with Crippen LogP contribution in [0, 0.1) is 0 Å². The lowest BCUT2D eigenvalue weighted by molar-refractivity contribution is -0.116. The van der Waals surface area contributed by atoms with Crippen molar-refractivity contribution in [1.29, 1.82) is 0 Å². The van der Waals surface area contributed by atoms with Crippen LogP contribution < -0.4 is 11.1 Å². The first-order valence-electron chi connectivity index (χ1n) is 6.86. The van der Waals surface area contributed by atoms with Crippen molar-refractivity contribution in [3.05, 3.63) is 24.3 Å². The number of hydrogen-bond acceptors (Lipinski definition) is 4. The Morgan fingerprint density at radius 1 is 1.35 bits per heavy atom. The molecule has 3 N–H and O–H groups in total. The van der Waals surface area contributed by atoms with Crippen LogP contribution in [0.1, 0.15) is 12.8 Å². The molecule has 6 heteroatoms. The lowest BCUT2D eigenvalue weighted by atomic mass is 10.2. The van der Waals surface area contributed by atoms with E-state index in [1.807, 2.05) is 12.1 Å². The summed E-state index contributed by atoms with van der Waals surface area (Å²) >= 11 is 0. The molecule has 0 bridgehead atoms. The second-order valence-electron chi connectivity index (χ2n) is 4.97. The van der Waals surface area contributed by atoms with Crippen molar-refractivity contribution in [2.45, 2.75) is 12.8 Å². The summed E-state index contributed by atoms with van der Waals surface area (Å²) in [6, 6.07) is 7.18. The van der Waals surface area contributed by atoms with Crippen molar-refractivity contribution in [2.24, 2.45) is 0 Å². The van der Waals surface area contributed by atoms with Gasteiger partial charge in [-0.15, -0.1) is 0 Å². The Balaban J connectivity index is 1.66. The third-order valence-electron chi connectivity index (χ3n) is 3.32. The third kappa shape index (κ3) is 4.94. The van der Waals surface area contributed by atoms with Gasteiger partial charge in [-0.3, -0.25) is 9.00 Å². The molecule has 110 valence electrons. The maximum Gasteiger partial charge on any atom is 0.224 e. The lowest BCUT2D eigenvalue weighted by Gasteiger charge is -2.25. The van der Waals surface area contributed by atoms with Gasteiger partial charge in [-0.05, 0) is 31.2 Å². The number of nitrogens with two attached hydrogens (primary N) is 1. The number of nitrogens with one attached hydrogen (secondary N) is 1. The highest BCUT2D eigenvalue weighted by molar-refractivity contribution is 7.85. The van der Waals surface area contributed by atoms with Crippen LogP contribution in [0.25, 0.3) is 0 Å². The van der Waals surface area contributed by atoms with Crippen LogP contribution in [0.3, 0.4) is 0 Å².